The van der Waals surface area contributed by atoms with Crippen LogP contribution in [-0.2, 0) is 22.9 Å². The van der Waals surface area contributed by atoms with E-state index in [0.717, 1.165) is 25.7 Å². The molecule has 1 amide bonds. The van der Waals surface area contributed by atoms with Crippen molar-refractivity contribution in [3.8, 4) is 0 Å². The van der Waals surface area contributed by atoms with Crippen molar-refractivity contribution in [3.63, 3.8) is 0 Å². The summed E-state index contributed by atoms with van der Waals surface area (Å²) >= 11 is 1.45. The molecule has 0 bridgehead atoms. The molecule has 1 fully saturated rings. The van der Waals surface area contributed by atoms with Crippen molar-refractivity contribution in [2.24, 2.45) is 0 Å². The van der Waals surface area contributed by atoms with Gasteiger partial charge in [-0.3, -0.25) is 4.79 Å². The second-order valence-electron chi connectivity index (χ2n) is 5.74. The summed E-state index contributed by atoms with van der Waals surface area (Å²) in [5, 5.41) is 0. The highest BCUT2D eigenvalue weighted by atomic mass is 32.2. The zero-order chi connectivity index (χ0) is 14.4. The van der Waals surface area contributed by atoms with Gasteiger partial charge < -0.3 is 0 Å². The fourth-order valence-electron chi connectivity index (χ4n) is 2.83. The lowest BCUT2D eigenvalue weighted by Crippen LogP contribution is -2.39. The van der Waals surface area contributed by atoms with Crippen LogP contribution in [-0.4, -0.2) is 19.1 Å². The highest BCUT2D eigenvalue weighted by Crippen LogP contribution is 2.45. The molecule has 4 nitrogen and oxygen atoms in total. The summed E-state index contributed by atoms with van der Waals surface area (Å²) < 4.78 is 26.1. The minimum Gasteiger partial charge on any atom is -0.267 e. The van der Waals surface area contributed by atoms with Crippen LogP contribution >= 0.6 is 11.3 Å². The quantitative estimate of drug-likeness (QED) is 0.929. The van der Waals surface area contributed by atoms with E-state index in [-0.39, 0.29) is 0 Å². The molecule has 110 valence electrons. The number of sulfonamides is 1. The maximum atomic E-state index is 12.2. The fraction of sp³-hybridized carbons (Fsp3) is 0.643. The molecule has 1 N–H and O–H groups in total. The SMILES string of the molecule is CCC1(S(=O)(=O)NC(=O)c2cc3c(s2)CCCC3)CC1. The van der Waals surface area contributed by atoms with Gasteiger partial charge in [0.05, 0.1) is 9.62 Å². The van der Waals surface area contributed by atoms with Gasteiger partial charge in [0.2, 0.25) is 10.0 Å². The molecule has 2 aliphatic rings. The average Bonchev–Trinajstić information content (AvgIpc) is 3.11. The van der Waals surface area contributed by atoms with Crippen LogP contribution in [0.15, 0.2) is 6.07 Å². The maximum Gasteiger partial charge on any atom is 0.274 e. The topological polar surface area (TPSA) is 63.2 Å². The summed E-state index contributed by atoms with van der Waals surface area (Å²) in [6.45, 7) is 1.86. The molecular weight excluding hydrogens is 294 g/mol. The molecule has 6 heteroatoms. The van der Waals surface area contributed by atoms with Gasteiger partial charge >= 0.3 is 0 Å². The normalized spacial score (nSPS) is 20.2. The van der Waals surface area contributed by atoms with Crippen molar-refractivity contribution in [1.82, 2.24) is 4.72 Å². The highest BCUT2D eigenvalue weighted by Gasteiger charge is 2.53. The lowest BCUT2D eigenvalue weighted by Gasteiger charge is -2.14. The number of aryl methyl sites for hydroxylation is 2. The Morgan fingerprint density at radius 2 is 2.05 bits per heavy atom. The van der Waals surface area contributed by atoms with Crippen LogP contribution in [0.4, 0.5) is 0 Å². The highest BCUT2D eigenvalue weighted by molar-refractivity contribution is 7.91. The van der Waals surface area contributed by atoms with E-state index in [1.807, 2.05) is 13.0 Å². The second kappa shape index (κ2) is 4.84. The Bertz CT molecular complexity index is 618. The molecule has 0 saturated heterocycles. The molecule has 2 aliphatic carbocycles. The third-order valence-electron chi connectivity index (χ3n) is 4.47. The first kappa shape index (κ1) is 14.1. The molecule has 0 atom stereocenters. The van der Waals surface area contributed by atoms with Crippen molar-refractivity contribution in [2.45, 2.75) is 56.6 Å². The summed E-state index contributed by atoms with van der Waals surface area (Å²) in [5.41, 5.74) is 1.22. The summed E-state index contributed by atoms with van der Waals surface area (Å²) in [4.78, 5) is 14.0. The van der Waals surface area contributed by atoms with Crippen molar-refractivity contribution < 1.29 is 13.2 Å². The van der Waals surface area contributed by atoms with E-state index in [0.29, 0.717) is 24.1 Å². The van der Waals surface area contributed by atoms with Gasteiger partial charge in [0.15, 0.2) is 0 Å². The maximum absolute atomic E-state index is 12.2. The van der Waals surface area contributed by atoms with Gasteiger partial charge in [-0.1, -0.05) is 6.92 Å². The zero-order valence-corrected chi connectivity index (χ0v) is 13.2. The van der Waals surface area contributed by atoms with E-state index in [1.54, 1.807) is 0 Å². The predicted molar refractivity (Wildman–Crippen MR) is 79.6 cm³/mol. The molecule has 3 rings (SSSR count). The first-order valence-electron chi connectivity index (χ1n) is 7.16. The second-order valence-corrected chi connectivity index (χ2v) is 8.95. The van der Waals surface area contributed by atoms with E-state index in [4.69, 9.17) is 0 Å². The monoisotopic (exact) mass is 313 g/mol. The van der Waals surface area contributed by atoms with Gasteiger partial charge in [-0.15, -0.1) is 11.3 Å². The molecule has 0 unspecified atom stereocenters. The van der Waals surface area contributed by atoms with Crippen molar-refractivity contribution in [3.05, 3.63) is 21.4 Å². The van der Waals surface area contributed by atoms with E-state index in [1.165, 1.54) is 21.8 Å². The predicted octanol–water partition coefficient (Wildman–Crippen LogP) is 2.63. The molecule has 1 aromatic rings. The smallest absolute Gasteiger partial charge is 0.267 e. The van der Waals surface area contributed by atoms with Crippen molar-refractivity contribution in [2.75, 3.05) is 0 Å². The van der Waals surface area contributed by atoms with E-state index < -0.39 is 20.7 Å². The first-order valence-corrected chi connectivity index (χ1v) is 9.46. The molecular formula is C14H19NO3S2. The molecule has 0 aromatic carbocycles. The van der Waals surface area contributed by atoms with Crippen LogP contribution in [0.1, 0.15) is 59.1 Å². The Morgan fingerprint density at radius 3 is 2.65 bits per heavy atom. The Morgan fingerprint density at radius 1 is 1.35 bits per heavy atom. The summed E-state index contributed by atoms with van der Waals surface area (Å²) in [5.74, 6) is -0.455. The number of hydrogen-bond donors (Lipinski definition) is 1. The van der Waals surface area contributed by atoms with Crippen molar-refractivity contribution in [1.29, 1.82) is 0 Å². The number of carbonyl (C=O) groups excluding carboxylic acids is 1. The summed E-state index contributed by atoms with van der Waals surface area (Å²) in [6, 6.07) is 1.87. The van der Waals surface area contributed by atoms with E-state index >= 15 is 0 Å². The van der Waals surface area contributed by atoms with Gasteiger partial charge in [-0.05, 0) is 56.6 Å². The fourth-order valence-corrected chi connectivity index (χ4v) is 5.64. The molecule has 1 saturated carbocycles. The Labute approximate surface area is 123 Å². The summed E-state index contributed by atoms with van der Waals surface area (Å²) in [7, 11) is -3.54. The number of amides is 1. The van der Waals surface area contributed by atoms with E-state index in [9.17, 15) is 13.2 Å². The number of thiophene rings is 1. The zero-order valence-electron chi connectivity index (χ0n) is 11.6. The molecule has 0 spiro atoms. The first-order chi connectivity index (χ1) is 9.47. The number of fused-ring (bicyclic) bond motifs is 1. The minimum absolute atomic E-state index is 0.455. The molecule has 1 heterocycles. The van der Waals surface area contributed by atoms with Crippen LogP contribution in [0.25, 0.3) is 0 Å². The van der Waals surface area contributed by atoms with Crippen LogP contribution in [0.5, 0.6) is 0 Å². The van der Waals surface area contributed by atoms with Gasteiger partial charge in [-0.25, -0.2) is 13.1 Å². The molecule has 0 radical (unpaired) electrons. The standard InChI is InChI=1S/C14H19NO3S2/c1-2-14(7-8-14)20(17,18)15-13(16)12-9-10-5-3-4-6-11(10)19-12/h9H,2-8H2,1H3,(H,15,16). The third-order valence-corrected chi connectivity index (χ3v) is 8.00. The Balaban J connectivity index is 1.78. The summed E-state index contributed by atoms with van der Waals surface area (Å²) in [6.07, 6.45) is 6.22. The molecule has 1 aromatic heterocycles. The third kappa shape index (κ3) is 2.29. The minimum atomic E-state index is -3.54. The van der Waals surface area contributed by atoms with Gasteiger partial charge in [0.25, 0.3) is 5.91 Å². The Hall–Kier alpha value is -0.880. The average molecular weight is 313 g/mol. The van der Waals surface area contributed by atoms with Crippen LogP contribution < -0.4 is 4.72 Å². The largest absolute Gasteiger partial charge is 0.274 e. The van der Waals surface area contributed by atoms with Crippen molar-refractivity contribution >= 4 is 27.3 Å². The van der Waals surface area contributed by atoms with Crippen LogP contribution in [0, 0.1) is 0 Å². The molecule has 0 aliphatic heterocycles. The number of nitrogens with one attached hydrogen (secondary N) is 1. The number of hydrogen-bond acceptors (Lipinski definition) is 4. The lowest BCUT2D eigenvalue weighted by atomic mass is 9.99. The van der Waals surface area contributed by atoms with E-state index in [2.05, 4.69) is 4.72 Å². The molecule has 20 heavy (non-hydrogen) atoms. The van der Waals surface area contributed by atoms with Gasteiger partial charge in [-0.2, -0.15) is 0 Å². The number of carbonyl (C=O) groups is 1. The lowest BCUT2D eigenvalue weighted by molar-refractivity contribution is 0.0984. The Kier molecular flexibility index (Phi) is 3.41. The van der Waals surface area contributed by atoms with Gasteiger partial charge in [0.1, 0.15) is 0 Å². The number of rotatable bonds is 4. The van der Waals surface area contributed by atoms with Crippen LogP contribution in [0.3, 0.4) is 0 Å². The van der Waals surface area contributed by atoms with Gasteiger partial charge in [0, 0.05) is 4.88 Å². The van der Waals surface area contributed by atoms with Crippen LogP contribution in [0.2, 0.25) is 0 Å².